The number of rotatable bonds is 3. The highest BCUT2D eigenvalue weighted by atomic mass is 16.5. The standard InChI is InChI=1S/C15H22N2O/c16-10-12-3-1-2-4-14(12)17-13-5-6-15-11(9-13)7-8-18-15/h5-6,9,12,14,17H,1-4,7-8,10,16H2. The van der Waals surface area contributed by atoms with E-state index in [1.165, 1.54) is 36.9 Å². The van der Waals surface area contributed by atoms with E-state index in [0.29, 0.717) is 12.0 Å². The van der Waals surface area contributed by atoms with Crippen molar-refractivity contribution in [2.24, 2.45) is 11.7 Å². The molecule has 1 heterocycles. The van der Waals surface area contributed by atoms with Gasteiger partial charge in [0, 0.05) is 18.2 Å². The third-order valence-electron chi connectivity index (χ3n) is 4.25. The highest BCUT2D eigenvalue weighted by Crippen LogP contribution is 2.31. The molecule has 0 spiro atoms. The average Bonchev–Trinajstić information content (AvgIpc) is 2.87. The second-order valence-corrected chi connectivity index (χ2v) is 5.45. The van der Waals surface area contributed by atoms with Crippen LogP contribution < -0.4 is 15.8 Å². The molecule has 3 rings (SSSR count). The van der Waals surface area contributed by atoms with Gasteiger partial charge < -0.3 is 15.8 Å². The molecule has 0 bridgehead atoms. The lowest BCUT2D eigenvalue weighted by Crippen LogP contribution is -2.36. The van der Waals surface area contributed by atoms with E-state index in [4.69, 9.17) is 10.5 Å². The summed E-state index contributed by atoms with van der Waals surface area (Å²) in [7, 11) is 0. The molecule has 3 N–H and O–H groups in total. The number of fused-ring (bicyclic) bond motifs is 1. The van der Waals surface area contributed by atoms with Crippen LogP contribution in [-0.2, 0) is 6.42 Å². The molecule has 1 aliphatic heterocycles. The van der Waals surface area contributed by atoms with Crippen LogP contribution >= 0.6 is 0 Å². The van der Waals surface area contributed by atoms with Crippen molar-refractivity contribution in [2.75, 3.05) is 18.5 Å². The quantitative estimate of drug-likeness (QED) is 0.861. The van der Waals surface area contributed by atoms with Gasteiger partial charge in [0.1, 0.15) is 5.75 Å². The van der Waals surface area contributed by atoms with E-state index in [0.717, 1.165) is 25.3 Å². The zero-order valence-electron chi connectivity index (χ0n) is 10.8. The van der Waals surface area contributed by atoms with Crippen molar-refractivity contribution in [2.45, 2.75) is 38.1 Å². The Bertz CT molecular complexity index is 419. The maximum atomic E-state index is 5.88. The van der Waals surface area contributed by atoms with Crippen molar-refractivity contribution in [1.29, 1.82) is 0 Å². The molecule has 2 aliphatic rings. The molecule has 0 aromatic heterocycles. The number of hydrogen-bond donors (Lipinski definition) is 2. The topological polar surface area (TPSA) is 47.3 Å². The van der Waals surface area contributed by atoms with Crippen molar-refractivity contribution in [3.63, 3.8) is 0 Å². The lowest BCUT2D eigenvalue weighted by atomic mass is 9.84. The van der Waals surface area contributed by atoms with Gasteiger partial charge in [-0.1, -0.05) is 12.8 Å². The van der Waals surface area contributed by atoms with E-state index in [1.54, 1.807) is 0 Å². The Morgan fingerprint density at radius 3 is 3.06 bits per heavy atom. The molecule has 2 atom stereocenters. The van der Waals surface area contributed by atoms with E-state index in [2.05, 4.69) is 23.5 Å². The lowest BCUT2D eigenvalue weighted by Gasteiger charge is -2.32. The lowest BCUT2D eigenvalue weighted by molar-refractivity contribution is 0.332. The summed E-state index contributed by atoms with van der Waals surface area (Å²) in [5.41, 5.74) is 8.44. The predicted octanol–water partition coefficient (Wildman–Crippen LogP) is 2.55. The van der Waals surface area contributed by atoms with Gasteiger partial charge in [-0.25, -0.2) is 0 Å². The number of benzene rings is 1. The van der Waals surface area contributed by atoms with E-state index in [9.17, 15) is 0 Å². The normalized spacial score (nSPS) is 26.5. The molecule has 1 aliphatic carbocycles. The molecule has 1 aromatic rings. The summed E-state index contributed by atoms with van der Waals surface area (Å²) >= 11 is 0. The Morgan fingerprint density at radius 1 is 1.28 bits per heavy atom. The number of nitrogens with one attached hydrogen (secondary N) is 1. The number of nitrogens with two attached hydrogens (primary N) is 1. The Kier molecular flexibility index (Phi) is 3.41. The first-order valence-corrected chi connectivity index (χ1v) is 7.09. The van der Waals surface area contributed by atoms with Crippen LogP contribution in [0.15, 0.2) is 18.2 Å². The van der Waals surface area contributed by atoms with Gasteiger partial charge in [-0.2, -0.15) is 0 Å². The van der Waals surface area contributed by atoms with Crippen LogP contribution in [-0.4, -0.2) is 19.2 Å². The maximum absolute atomic E-state index is 5.88. The Balaban J connectivity index is 1.71. The summed E-state index contributed by atoms with van der Waals surface area (Å²) < 4.78 is 5.54. The van der Waals surface area contributed by atoms with Crippen molar-refractivity contribution >= 4 is 5.69 Å². The van der Waals surface area contributed by atoms with E-state index < -0.39 is 0 Å². The number of ether oxygens (including phenoxy) is 1. The average molecular weight is 246 g/mol. The molecule has 1 aromatic carbocycles. The van der Waals surface area contributed by atoms with Crippen LogP contribution in [0.1, 0.15) is 31.2 Å². The molecule has 0 radical (unpaired) electrons. The molecular formula is C15H22N2O. The fourth-order valence-corrected chi connectivity index (χ4v) is 3.17. The van der Waals surface area contributed by atoms with Crippen molar-refractivity contribution in [3.05, 3.63) is 23.8 Å². The molecular weight excluding hydrogens is 224 g/mol. The second-order valence-electron chi connectivity index (χ2n) is 5.45. The first-order valence-electron chi connectivity index (χ1n) is 7.09. The van der Waals surface area contributed by atoms with Crippen molar-refractivity contribution < 1.29 is 4.74 Å². The largest absolute Gasteiger partial charge is 0.493 e. The maximum Gasteiger partial charge on any atom is 0.122 e. The Morgan fingerprint density at radius 2 is 2.17 bits per heavy atom. The van der Waals surface area contributed by atoms with Crippen LogP contribution in [0.3, 0.4) is 0 Å². The molecule has 0 saturated heterocycles. The van der Waals surface area contributed by atoms with Crippen molar-refractivity contribution in [1.82, 2.24) is 0 Å². The Hall–Kier alpha value is -1.22. The molecule has 2 unspecified atom stereocenters. The monoisotopic (exact) mass is 246 g/mol. The van der Waals surface area contributed by atoms with Crippen LogP contribution in [0.25, 0.3) is 0 Å². The van der Waals surface area contributed by atoms with Gasteiger partial charge in [0.2, 0.25) is 0 Å². The van der Waals surface area contributed by atoms with Gasteiger partial charge in [-0.15, -0.1) is 0 Å². The zero-order valence-corrected chi connectivity index (χ0v) is 10.8. The predicted molar refractivity (Wildman–Crippen MR) is 74.1 cm³/mol. The summed E-state index contributed by atoms with van der Waals surface area (Å²) in [6.45, 7) is 1.62. The van der Waals surface area contributed by atoms with Gasteiger partial charge in [-0.3, -0.25) is 0 Å². The molecule has 98 valence electrons. The fourth-order valence-electron chi connectivity index (χ4n) is 3.17. The molecule has 3 nitrogen and oxygen atoms in total. The summed E-state index contributed by atoms with van der Waals surface area (Å²) in [5, 5.41) is 3.68. The van der Waals surface area contributed by atoms with Gasteiger partial charge in [0.05, 0.1) is 6.61 Å². The summed E-state index contributed by atoms with van der Waals surface area (Å²) in [6.07, 6.45) is 6.20. The smallest absolute Gasteiger partial charge is 0.122 e. The van der Waals surface area contributed by atoms with Crippen LogP contribution in [0.5, 0.6) is 5.75 Å². The van der Waals surface area contributed by atoms with Gasteiger partial charge in [0.15, 0.2) is 0 Å². The molecule has 1 saturated carbocycles. The summed E-state index contributed by atoms with van der Waals surface area (Å²) in [5.74, 6) is 1.68. The molecule has 18 heavy (non-hydrogen) atoms. The molecule has 1 fully saturated rings. The minimum atomic E-state index is 0.545. The molecule has 3 heteroatoms. The van der Waals surface area contributed by atoms with Crippen LogP contribution in [0.2, 0.25) is 0 Å². The third-order valence-corrected chi connectivity index (χ3v) is 4.25. The zero-order chi connectivity index (χ0) is 12.4. The van der Waals surface area contributed by atoms with Crippen molar-refractivity contribution in [3.8, 4) is 5.75 Å². The molecule has 0 amide bonds. The summed E-state index contributed by atoms with van der Waals surface area (Å²) in [6, 6.07) is 7.01. The first kappa shape index (κ1) is 11.8. The fraction of sp³-hybridized carbons (Fsp3) is 0.600. The SMILES string of the molecule is NCC1CCCCC1Nc1ccc2c(c1)CCO2. The number of anilines is 1. The van der Waals surface area contributed by atoms with E-state index in [-0.39, 0.29) is 0 Å². The Labute approximate surface area is 109 Å². The van der Waals surface area contributed by atoms with Gasteiger partial charge in [0.25, 0.3) is 0 Å². The van der Waals surface area contributed by atoms with Gasteiger partial charge >= 0.3 is 0 Å². The first-order chi connectivity index (χ1) is 8.86. The summed E-state index contributed by atoms with van der Waals surface area (Å²) in [4.78, 5) is 0. The van der Waals surface area contributed by atoms with Crippen LogP contribution in [0.4, 0.5) is 5.69 Å². The minimum absolute atomic E-state index is 0.545. The second kappa shape index (κ2) is 5.19. The van der Waals surface area contributed by atoms with E-state index in [1.807, 2.05) is 0 Å². The highest BCUT2D eigenvalue weighted by molar-refractivity contribution is 5.53. The minimum Gasteiger partial charge on any atom is -0.493 e. The third kappa shape index (κ3) is 2.32. The van der Waals surface area contributed by atoms with Crippen LogP contribution in [0, 0.1) is 5.92 Å². The van der Waals surface area contributed by atoms with E-state index >= 15 is 0 Å². The number of hydrogen-bond acceptors (Lipinski definition) is 3. The highest BCUT2D eigenvalue weighted by Gasteiger charge is 2.24. The van der Waals surface area contributed by atoms with Gasteiger partial charge in [-0.05, 0) is 49.1 Å².